The highest BCUT2D eigenvalue weighted by Gasteiger charge is 2.30. The van der Waals surface area contributed by atoms with Gasteiger partial charge in [-0.2, -0.15) is 0 Å². The van der Waals surface area contributed by atoms with Gasteiger partial charge in [0.25, 0.3) is 0 Å². The van der Waals surface area contributed by atoms with Crippen LogP contribution in [-0.2, 0) is 9.53 Å². The molecule has 4 aliphatic carbocycles. The quantitative estimate of drug-likeness (QED) is 0.117. The maximum Gasteiger partial charge on any atom is 0.343 e. The molecule has 0 bridgehead atoms. The molecule has 1 unspecified atom stereocenters. The Hall–Kier alpha value is -4.18. The molecule has 0 heterocycles. The van der Waals surface area contributed by atoms with Crippen LogP contribution in [0.15, 0.2) is 108 Å². The first-order valence-corrected chi connectivity index (χ1v) is 18.5. The normalized spacial score (nSPS) is 25.3. The van der Waals surface area contributed by atoms with Gasteiger partial charge in [0.15, 0.2) is 0 Å². The summed E-state index contributed by atoms with van der Waals surface area (Å²) in [7, 11) is 0. The molecular formula is C45H52O4. The van der Waals surface area contributed by atoms with E-state index in [-0.39, 0.29) is 24.5 Å². The first-order chi connectivity index (χ1) is 23.7. The fourth-order valence-corrected chi connectivity index (χ4v) is 8.01. The Morgan fingerprint density at radius 1 is 0.857 bits per heavy atom. The van der Waals surface area contributed by atoms with Crippen molar-refractivity contribution in [2.45, 2.75) is 97.3 Å². The minimum Gasteiger partial charge on any atom is -0.457 e. The second-order valence-corrected chi connectivity index (χ2v) is 14.9. The summed E-state index contributed by atoms with van der Waals surface area (Å²) >= 11 is 0. The van der Waals surface area contributed by atoms with Crippen LogP contribution < -0.4 is 4.74 Å². The third-order valence-electron chi connectivity index (χ3n) is 11.4. The van der Waals surface area contributed by atoms with Crippen LogP contribution in [0.25, 0.3) is 5.57 Å². The zero-order valence-corrected chi connectivity index (χ0v) is 29.8. The molecule has 4 aliphatic rings. The number of rotatable bonds is 9. The number of carbonyl (C=O) groups excluding carboxylic acids is 2. The van der Waals surface area contributed by atoms with Gasteiger partial charge in [0.05, 0.1) is 11.1 Å². The van der Waals surface area contributed by atoms with Crippen LogP contribution in [0.3, 0.4) is 0 Å². The van der Waals surface area contributed by atoms with Crippen molar-refractivity contribution in [1.82, 2.24) is 0 Å². The number of allylic oxidation sites excluding steroid dienone is 7. The first-order valence-electron chi connectivity index (χ1n) is 18.5. The Morgan fingerprint density at radius 3 is 2.24 bits per heavy atom. The van der Waals surface area contributed by atoms with Gasteiger partial charge in [0, 0.05) is 5.92 Å². The van der Waals surface area contributed by atoms with E-state index < -0.39 is 0 Å². The lowest BCUT2D eigenvalue weighted by Gasteiger charge is -2.26. The van der Waals surface area contributed by atoms with Gasteiger partial charge in [0.1, 0.15) is 12.4 Å². The van der Waals surface area contributed by atoms with Crippen LogP contribution in [0, 0.1) is 17.8 Å². The van der Waals surface area contributed by atoms with Crippen molar-refractivity contribution < 1.29 is 19.1 Å². The van der Waals surface area contributed by atoms with Crippen molar-refractivity contribution in [2.24, 2.45) is 17.8 Å². The molecule has 2 saturated carbocycles. The van der Waals surface area contributed by atoms with Crippen LogP contribution in [0.5, 0.6) is 5.75 Å². The Labute approximate surface area is 293 Å². The lowest BCUT2D eigenvalue weighted by atomic mass is 9.79. The van der Waals surface area contributed by atoms with E-state index in [1.807, 2.05) is 49.4 Å². The van der Waals surface area contributed by atoms with Gasteiger partial charge in [-0.1, -0.05) is 107 Å². The lowest BCUT2D eigenvalue weighted by Crippen LogP contribution is -2.13. The molecule has 4 nitrogen and oxygen atoms in total. The highest BCUT2D eigenvalue weighted by atomic mass is 16.5. The molecule has 2 fully saturated rings. The molecule has 1 atom stereocenters. The van der Waals surface area contributed by atoms with E-state index >= 15 is 0 Å². The molecule has 0 N–H and O–H groups in total. The number of hydrogen-bond donors (Lipinski definition) is 0. The minimum absolute atomic E-state index is 0.109. The zero-order chi connectivity index (χ0) is 34.5. The van der Waals surface area contributed by atoms with Gasteiger partial charge in [0.2, 0.25) is 0 Å². The fourth-order valence-electron chi connectivity index (χ4n) is 8.01. The number of carbonyl (C=O) groups is 2. The summed E-state index contributed by atoms with van der Waals surface area (Å²) in [5.74, 6) is 2.70. The predicted molar refractivity (Wildman–Crippen MR) is 200 cm³/mol. The summed E-state index contributed by atoms with van der Waals surface area (Å²) in [6.07, 6.45) is 22.7. The van der Waals surface area contributed by atoms with Gasteiger partial charge in [-0.3, -0.25) is 0 Å². The first kappa shape index (κ1) is 34.7. The van der Waals surface area contributed by atoms with Crippen molar-refractivity contribution >= 4 is 17.5 Å². The minimum atomic E-state index is -0.336. The number of benzene rings is 2. The molecule has 4 heteroatoms. The standard InChI is InChI=1S/C45H52O4/c1-6-34(19-14-31(4)35-15-10-29(2)11-16-35)44(46)48-28-33-8-7-9-40-41-25-24-39(27-43(41)32(5)42(40)26-33)49-45(47)38-22-20-37(21-23-38)36-17-12-30(3)13-18-36/h6,8-9,14,19-27,29-30,32,35-36H,4,7,10-13,15-18,28H2,1-3,5H3/b19-14-,34-6+. The Morgan fingerprint density at radius 2 is 1.55 bits per heavy atom. The second kappa shape index (κ2) is 15.6. The zero-order valence-electron chi connectivity index (χ0n) is 29.8. The molecule has 0 saturated heterocycles. The van der Waals surface area contributed by atoms with Crippen LogP contribution in [-0.4, -0.2) is 18.5 Å². The van der Waals surface area contributed by atoms with E-state index in [1.165, 1.54) is 68.1 Å². The molecule has 0 aliphatic heterocycles. The smallest absolute Gasteiger partial charge is 0.343 e. The van der Waals surface area contributed by atoms with E-state index in [1.54, 1.807) is 0 Å². The molecule has 0 spiro atoms. The molecular weight excluding hydrogens is 604 g/mol. The molecule has 49 heavy (non-hydrogen) atoms. The number of ether oxygens (including phenoxy) is 2. The third kappa shape index (κ3) is 8.18. The fraction of sp³-hybridized carbons (Fsp3) is 0.422. The van der Waals surface area contributed by atoms with Crippen molar-refractivity contribution in [3.63, 3.8) is 0 Å². The van der Waals surface area contributed by atoms with E-state index in [0.717, 1.165) is 40.5 Å². The topological polar surface area (TPSA) is 52.6 Å². The van der Waals surface area contributed by atoms with Gasteiger partial charge in [-0.05, 0) is 126 Å². The molecule has 0 radical (unpaired) electrons. The summed E-state index contributed by atoms with van der Waals surface area (Å²) in [5, 5.41) is 0. The van der Waals surface area contributed by atoms with Gasteiger partial charge in [-0.25, -0.2) is 9.59 Å². The number of hydrogen-bond acceptors (Lipinski definition) is 4. The largest absolute Gasteiger partial charge is 0.457 e. The second-order valence-electron chi connectivity index (χ2n) is 14.9. The van der Waals surface area contributed by atoms with E-state index in [9.17, 15) is 9.59 Å². The highest BCUT2D eigenvalue weighted by molar-refractivity contribution is 5.93. The van der Waals surface area contributed by atoms with Crippen molar-refractivity contribution in [1.29, 1.82) is 0 Å². The van der Waals surface area contributed by atoms with E-state index in [4.69, 9.17) is 9.47 Å². The van der Waals surface area contributed by atoms with E-state index in [2.05, 4.69) is 63.8 Å². The predicted octanol–water partition coefficient (Wildman–Crippen LogP) is 11.4. The Bertz CT molecular complexity index is 1710. The molecule has 0 aromatic heterocycles. The van der Waals surface area contributed by atoms with Crippen molar-refractivity contribution in [2.75, 3.05) is 6.61 Å². The van der Waals surface area contributed by atoms with Crippen molar-refractivity contribution in [3.8, 4) is 5.75 Å². The molecule has 0 amide bonds. The lowest BCUT2D eigenvalue weighted by molar-refractivity contribution is -0.137. The average Bonchev–Trinajstić information content (AvgIpc) is 3.23. The number of fused-ring (bicyclic) bond motifs is 3. The average molecular weight is 657 g/mol. The maximum atomic E-state index is 13.1. The van der Waals surface area contributed by atoms with Crippen molar-refractivity contribution in [3.05, 3.63) is 130 Å². The van der Waals surface area contributed by atoms with Gasteiger partial charge in [-0.15, -0.1) is 0 Å². The Balaban J connectivity index is 1.06. The summed E-state index contributed by atoms with van der Waals surface area (Å²) in [5.41, 5.74) is 9.19. The summed E-state index contributed by atoms with van der Waals surface area (Å²) in [6, 6.07) is 14.0. The molecule has 2 aromatic rings. The maximum absolute atomic E-state index is 13.1. The molecule has 256 valence electrons. The highest BCUT2D eigenvalue weighted by Crippen LogP contribution is 2.48. The SMILES string of the molecule is C=C(/C=C\C(=C/C)C(=O)OCC1=CCC=C2C(=C1)C(C)c1cc(OC(=O)c3ccc(C4CCC(C)CC4)cc3)ccc12)C1CCC(C)CC1. The van der Waals surface area contributed by atoms with Crippen LogP contribution in [0.2, 0.25) is 0 Å². The van der Waals surface area contributed by atoms with Crippen LogP contribution in [0.1, 0.15) is 124 Å². The molecule has 2 aromatic carbocycles. The molecule has 6 rings (SSSR count). The monoisotopic (exact) mass is 656 g/mol. The van der Waals surface area contributed by atoms with Gasteiger partial charge >= 0.3 is 11.9 Å². The summed E-state index contributed by atoms with van der Waals surface area (Å²) < 4.78 is 11.7. The van der Waals surface area contributed by atoms with Crippen LogP contribution in [0.4, 0.5) is 0 Å². The Kier molecular flexibility index (Phi) is 11.0. The van der Waals surface area contributed by atoms with Gasteiger partial charge < -0.3 is 9.47 Å². The summed E-state index contributed by atoms with van der Waals surface area (Å²) in [4.78, 5) is 26.2. The van der Waals surface area contributed by atoms with E-state index in [0.29, 0.717) is 28.7 Å². The summed E-state index contributed by atoms with van der Waals surface area (Å²) in [6.45, 7) is 13.2. The third-order valence-corrected chi connectivity index (χ3v) is 11.4. The van der Waals surface area contributed by atoms with Crippen LogP contribution >= 0.6 is 0 Å². The number of esters is 2.